The zero-order chi connectivity index (χ0) is 9.60. The van der Waals surface area contributed by atoms with Gasteiger partial charge in [0.25, 0.3) is 0 Å². The maximum Gasteiger partial charge on any atom is 0.0106 e. The lowest BCUT2D eigenvalue weighted by Crippen LogP contribution is -2.53. The number of rotatable bonds is 2. The molecule has 3 aliphatic rings. The first-order valence-electron chi connectivity index (χ1n) is 6.22. The van der Waals surface area contributed by atoms with Crippen molar-refractivity contribution in [2.24, 2.45) is 5.41 Å². The lowest BCUT2D eigenvalue weighted by atomic mass is 9.60. The first-order chi connectivity index (χ1) is 6.79. The van der Waals surface area contributed by atoms with Crippen molar-refractivity contribution in [2.45, 2.75) is 50.6 Å². The van der Waals surface area contributed by atoms with Gasteiger partial charge in [-0.3, -0.25) is 0 Å². The van der Waals surface area contributed by atoms with E-state index in [-0.39, 0.29) is 0 Å². The van der Waals surface area contributed by atoms with Crippen molar-refractivity contribution in [3.05, 3.63) is 0 Å². The maximum atomic E-state index is 3.47. The van der Waals surface area contributed by atoms with Crippen molar-refractivity contribution in [1.29, 1.82) is 0 Å². The SMILES string of the molecule is CN(C1CC1)C1CC2(CCNCC2)C1. The Balaban J connectivity index is 1.53. The molecule has 2 aliphatic carbocycles. The summed E-state index contributed by atoms with van der Waals surface area (Å²) in [6.45, 7) is 2.53. The summed E-state index contributed by atoms with van der Waals surface area (Å²) >= 11 is 0. The minimum Gasteiger partial charge on any atom is -0.317 e. The van der Waals surface area contributed by atoms with Gasteiger partial charge >= 0.3 is 0 Å². The van der Waals surface area contributed by atoms with Crippen LogP contribution in [0.2, 0.25) is 0 Å². The fourth-order valence-electron chi connectivity index (χ4n) is 3.37. The van der Waals surface area contributed by atoms with Gasteiger partial charge in [0.1, 0.15) is 0 Å². The van der Waals surface area contributed by atoms with E-state index >= 15 is 0 Å². The molecule has 1 saturated heterocycles. The summed E-state index contributed by atoms with van der Waals surface area (Å²) in [6.07, 6.45) is 8.76. The molecule has 0 aromatic rings. The van der Waals surface area contributed by atoms with E-state index in [1.54, 1.807) is 0 Å². The molecule has 0 unspecified atom stereocenters. The molecular formula is C12H22N2. The number of hydrogen-bond donors (Lipinski definition) is 1. The van der Waals surface area contributed by atoms with E-state index < -0.39 is 0 Å². The second-order valence-corrected chi connectivity index (χ2v) is 5.71. The standard InChI is InChI=1S/C12H22N2/c1-14(10-2-3-10)11-8-12(9-11)4-6-13-7-5-12/h10-11,13H,2-9H2,1H3. The molecule has 0 atom stereocenters. The summed E-state index contributed by atoms with van der Waals surface area (Å²) in [7, 11) is 2.34. The minimum atomic E-state index is 0.763. The molecule has 2 nitrogen and oxygen atoms in total. The Kier molecular flexibility index (Phi) is 2.10. The molecule has 0 aromatic carbocycles. The summed E-state index contributed by atoms with van der Waals surface area (Å²) in [5.74, 6) is 0. The first kappa shape index (κ1) is 9.17. The molecule has 1 spiro atoms. The summed E-state index contributed by atoms with van der Waals surface area (Å²) in [4.78, 5) is 2.66. The van der Waals surface area contributed by atoms with Crippen molar-refractivity contribution >= 4 is 0 Å². The van der Waals surface area contributed by atoms with Gasteiger partial charge in [-0.05, 0) is 64.1 Å². The van der Waals surface area contributed by atoms with Gasteiger partial charge in [-0.15, -0.1) is 0 Å². The summed E-state index contributed by atoms with van der Waals surface area (Å²) in [6, 6.07) is 1.89. The van der Waals surface area contributed by atoms with Crippen LogP contribution in [0, 0.1) is 5.41 Å². The summed E-state index contributed by atoms with van der Waals surface area (Å²) < 4.78 is 0. The van der Waals surface area contributed by atoms with Crippen LogP contribution in [0.15, 0.2) is 0 Å². The van der Waals surface area contributed by atoms with E-state index in [1.165, 1.54) is 51.6 Å². The minimum absolute atomic E-state index is 0.763. The summed E-state index contributed by atoms with van der Waals surface area (Å²) in [5.41, 5.74) is 0.763. The van der Waals surface area contributed by atoms with Crippen molar-refractivity contribution in [3.63, 3.8) is 0 Å². The Hall–Kier alpha value is -0.0800. The smallest absolute Gasteiger partial charge is 0.0106 e. The number of nitrogens with zero attached hydrogens (tertiary/aromatic N) is 1. The highest BCUT2D eigenvalue weighted by molar-refractivity contribution is 5.02. The lowest BCUT2D eigenvalue weighted by Gasteiger charge is -2.53. The van der Waals surface area contributed by atoms with E-state index in [0.29, 0.717) is 0 Å². The third kappa shape index (κ3) is 1.49. The molecule has 2 saturated carbocycles. The Bertz CT molecular complexity index is 208. The molecule has 2 heteroatoms. The fourth-order valence-corrected chi connectivity index (χ4v) is 3.37. The van der Waals surface area contributed by atoms with Crippen molar-refractivity contribution < 1.29 is 0 Å². The van der Waals surface area contributed by atoms with Gasteiger partial charge < -0.3 is 10.2 Å². The second-order valence-electron chi connectivity index (χ2n) is 5.71. The predicted octanol–water partition coefficient (Wildman–Crippen LogP) is 1.61. The Morgan fingerprint density at radius 2 is 1.71 bits per heavy atom. The highest BCUT2D eigenvalue weighted by Crippen LogP contribution is 2.51. The Morgan fingerprint density at radius 3 is 2.29 bits per heavy atom. The third-order valence-electron chi connectivity index (χ3n) is 4.70. The topological polar surface area (TPSA) is 15.3 Å². The highest BCUT2D eigenvalue weighted by atomic mass is 15.2. The molecule has 1 aliphatic heterocycles. The van der Waals surface area contributed by atoms with Gasteiger partial charge in [0.2, 0.25) is 0 Å². The molecule has 3 fully saturated rings. The van der Waals surface area contributed by atoms with Crippen molar-refractivity contribution in [2.75, 3.05) is 20.1 Å². The van der Waals surface area contributed by atoms with Gasteiger partial charge in [-0.25, -0.2) is 0 Å². The van der Waals surface area contributed by atoms with Gasteiger partial charge in [-0.2, -0.15) is 0 Å². The van der Waals surface area contributed by atoms with E-state index in [4.69, 9.17) is 0 Å². The number of nitrogens with one attached hydrogen (secondary N) is 1. The van der Waals surface area contributed by atoms with Crippen LogP contribution in [-0.4, -0.2) is 37.1 Å². The first-order valence-corrected chi connectivity index (χ1v) is 6.22. The molecule has 0 aromatic heterocycles. The van der Waals surface area contributed by atoms with Gasteiger partial charge in [0.15, 0.2) is 0 Å². The van der Waals surface area contributed by atoms with E-state index in [2.05, 4.69) is 17.3 Å². The Labute approximate surface area is 87.0 Å². The number of hydrogen-bond acceptors (Lipinski definition) is 2. The predicted molar refractivity (Wildman–Crippen MR) is 58.3 cm³/mol. The van der Waals surface area contributed by atoms with E-state index in [0.717, 1.165) is 17.5 Å². The van der Waals surface area contributed by atoms with Crippen LogP contribution in [0.4, 0.5) is 0 Å². The van der Waals surface area contributed by atoms with Crippen LogP contribution < -0.4 is 5.32 Å². The maximum absolute atomic E-state index is 3.47. The van der Waals surface area contributed by atoms with Crippen LogP contribution in [0.3, 0.4) is 0 Å². The molecule has 0 bridgehead atoms. The van der Waals surface area contributed by atoms with Crippen LogP contribution >= 0.6 is 0 Å². The molecule has 0 radical (unpaired) electrons. The molecular weight excluding hydrogens is 172 g/mol. The van der Waals surface area contributed by atoms with Crippen LogP contribution in [0.5, 0.6) is 0 Å². The highest BCUT2D eigenvalue weighted by Gasteiger charge is 2.47. The zero-order valence-electron chi connectivity index (χ0n) is 9.26. The van der Waals surface area contributed by atoms with Crippen LogP contribution in [0.25, 0.3) is 0 Å². The van der Waals surface area contributed by atoms with Gasteiger partial charge in [0, 0.05) is 12.1 Å². The number of piperidine rings is 1. The monoisotopic (exact) mass is 194 g/mol. The molecule has 0 amide bonds. The fraction of sp³-hybridized carbons (Fsp3) is 1.00. The molecule has 14 heavy (non-hydrogen) atoms. The van der Waals surface area contributed by atoms with E-state index in [1.807, 2.05) is 0 Å². The van der Waals surface area contributed by atoms with Crippen LogP contribution in [-0.2, 0) is 0 Å². The van der Waals surface area contributed by atoms with E-state index in [9.17, 15) is 0 Å². The molecule has 3 rings (SSSR count). The van der Waals surface area contributed by atoms with Crippen LogP contribution in [0.1, 0.15) is 38.5 Å². The Morgan fingerprint density at radius 1 is 1.07 bits per heavy atom. The normalized spacial score (nSPS) is 32.1. The largest absolute Gasteiger partial charge is 0.317 e. The van der Waals surface area contributed by atoms with Gasteiger partial charge in [0.05, 0.1) is 0 Å². The zero-order valence-corrected chi connectivity index (χ0v) is 9.26. The second kappa shape index (κ2) is 3.21. The average Bonchev–Trinajstić information content (AvgIpc) is 2.97. The molecule has 1 heterocycles. The van der Waals surface area contributed by atoms with Crippen molar-refractivity contribution in [3.8, 4) is 0 Å². The van der Waals surface area contributed by atoms with Gasteiger partial charge in [-0.1, -0.05) is 0 Å². The summed E-state index contributed by atoms with van der Waals surface area (Å²) in [5, 5.41) is 3.47. The quantitative estimate of drug-likeness (QED) is 0.718. The third-order valence-corrected chi connectivity index (χ3v) is 4.70. The molecule has 80 valence electrons. The molecule has 1 N–H and O–H groups in total. The lowest BCUT2D eigenvalue weighted by molar-refractivity contribution is -0.0130. The average molecular weight is 194 g/mol. The van der Waals surface area contributed by atoms with Crippen molar-refractivity contribution in [1.82, 2.24) is 10.2 Å².